The van der Waals surface area contributed by atoms with Gasteiger partial charge in [-0.3, -0.25) is 10.1 Å². The van der Waals surface area contributed by atoms with E-state index in [0.29, 0.717) is 21.5 Å². The number of hydrogen-bond donors (Lipinski definition) is 1. The van der Waals surface area contributed by atoms with E-state index in [0.717, 1.165) is 13.8 Å². The van der Waals surface area contributed by atoms with Gasteiger partial charge in [-0.15, -0.1) is 0 Å². The van der Waals surface area contributed by atoms with E-state index >= 15 is 0 Å². The molecule has 3 aromatic rings. The lowest BCUT2D eigenvalue weighted by molar-refractivity contribution is 0.102. The highest BCUT2D eigenvalue weighted by molar-refractivity contribution is 14.1. The van der Waals surface area contributed by atoms with Crippen molar-refractivity contribution < 1.29 is 9.53 Å². The van der Waals surface area contributed by atoms with Crippen molar-refractivity contribution in [3.05, 3.63) is 50.6 Å². The number of benzene rings is 2. The Balaban J connectivity index is 1.91. The highest BCUT2D eigenvalue weighted by Crippen LogP contribution is 2.34. The van der Waals surface area contributed by atoms with Gasteiger partial charge in [0.05, 0.1) is 27.9 Å². The van der Waals surface area contributed by atoms with Gasteiger partial charge in [-0.25, -0.2) is 4.98 Å². The molecule has 4 nitrogen and oxygen atoms in total. The van der Waals surface area contributed by atoms with Crippen molar-refractivity contribution in [2.24, 2.45) is 0 Å². The number of anilines is 1. The molecule has 0 bridgehead atoms. The van der Waals surface area contributed by atoms with E-state index in [1.165, 1.54) is 11.3 Å². The molecule has 2 aromatic carbocycles. The number of carbonyl (C=O) groups excluding carboxylic acids is 1. The fourth-order valence-electron chi connectivity index (χ4n) is 1.95. The van der Waals surface area contributed by atoms with Gasteiger partial charge in [-0.1, -0.05) is 35.1 Å². The number of nitrogens with zero attached hydrogens (tertiary/aromatic N) is 1. The van der Waals surface area contributed by atoms with Crippen molar-refractivity contribution in [1.82, 2.24) is 4.98 Å². The van der Waals surface area contributed by atoms with Crippen LogP contribution in [0.1, 0.15) is 10.4 Å². The normalized spacial score (nSPS) is 10.7. The summed E-state index contributed by atoms with van der Waals surface area (Å²) < 4.78 is 6.98. The van der Waals surface area contributed by atoms with Crippen LogP contribution in [0, 0.1) is 3.57 Å². The number of methoxy groups -OCH3 is 1. The van der Waals surface area contributed by atoms with Crippen LogP contribution in [0.5, 0.6) is 5.75 Å². The summed E-state index contributed by atoms with van der Waals surface area (Å²) in [5, 5.41) is 3.85. The molecular weight excluding hydrogens is 435 g/mol. The van der Waals surface area contributed by atoms with Crippen molar-refractivity contribution >= 4 is 66.8 Å². The molecule has 1 aromatic heterocycles. The SMILES string of the molecule is COc1cc2sc(NC(=O)c3ccccc3I)nc2cc1Cl. The maximum atomic E-state index is 12.3. The third-order valence-electron chi connectivity index (χ3n) is 3.00. The number of fused-ring (bicyclic) bond motifs is 1. The van der Waals surface area contributed by atoms with E-state index in [1.54, 1.807) is 19.2 Å². The third kappa shape index (κ3) is 3.04. The molecule has 0 atom stereocenters. The number of amides is 1. The lowest BCUT2D eigenvalue weighted by Gasteiger charge is -2.03. The molecule has 22 heavy (non-hydrogen) atoms. The van der Waals surface area contributed by atoms with Crippen LogP contribution in [0.2, 0.25) is 5.02 Å². The number of hydrogen-bond acceptors (Lipinski definition) is 4. The van der Waals surface area contributed by atoms with E-state index < -0.39 is 0 Å². The Hall–Kier alpha value is -1.38. The first-order chi connectivity index (χ1) is 10.6. The van der Waals surface area contributed by atoms with Crippen LogP contribution >= 0.6 is 45.5 Å². The van der Waals surface area contributed by atoms with Crippen LogP contribution in [-0.2, 0) is 0 Å². The number of ether oxygens (including phenoxy) is 1. The van der Waals surface area contributed by atoms with Gasteiger partial charge < -0.3 is 4.74 Å². The molecule has 0 spiro atoms. The minimum absolute atomic E-state index is 0.179. The second kappa shape index (κ2) is 6.39. The number of halogens is 2. The van der Waals surface area contributed by atoms with Crippen LogP contribution in [0.4, 0.5) is 5.13 Å². The zero-order valence-electron chi connectivity index (χ0n) is 11.4. The molecule has 0 saturated heterocycles. The molecular formula is C15H10ClIN2O2S. The fraction of sp³-hybridized carbons (Fsp3) is 0.0667. The summed E-state index contributed by atoms with van der Waals surface area (Å²) >= 11 is 9.60. The standard InChI is InChI=1S/C15H10ClIN2O2S/c1-21-12-7-13-11(6-9(12)16)18-15(22-13)19-14(20)8-4-2-3-5-10(8)17/h2-7H,1H3,(H,18,19,20). The highest BCUT2D eigenvalue weighted by atomic mass is 127. The van der Waals surface area contributed by atoms with Crippen molar-refractivity contribution in [2.75, 3.05) is 12.4 Å². The lowest BCUT2D eigenvalue weighted by atomic mass is 10.2. The van der Waals surface area contributed by atoms with Gasteiger partial charge in [-0.05, 0) is 40.8 Å². The molecule has 0 aliphatic carbocycles. The van der Waals surface area contributed by atoms with Crippen LogP contribution in [0.3, 0.4) is 0 Å². The molecule has 0 aliphatic rings. The maximum absolute atomic E-state index is 12.3. The van der Waals surface area contributed by atoms with E-state index in [2.05, 4.69) is 32.9 Å². The molecule has 0 saturated carbocycles. The first kappa shape index (κ1) is 15.5. The zero-order chi connectivity index (χ0) is 15.7. The summed E-state index contributed by atoms with van der Waals surface area (Å²) in [4.78, 5) is 16.7. The molecule has 1 heterocycles. The van der Waals surface area contributed by atoms with Crippen LogP contribution in [-0.4, -0.2) is 18.0 Å². The van der Waals surface area contributed by atoms with E-state index in [9.17, 15) is 4.79 Å². The van der Waals surface area contributed by atoms with Gasteiger partial charge in [0.1, 0.15) is 5.75 Å². The van der Waals surface area contributed by atoms with Gasteiger partial charge in [0.2, 0.25) is 0 Å². The van der Waals surface area contributed by atoms with Crippen LogP contribution in [0.25, 0.3) is 10.2 Å². The molecule has 0 radical (unpaired) electrons. The summed E-state index contributed by atoms with van der Waals surface area (Å²) in [7, 11) is 1.56. The Morgan fingerprint density at radius 2 is 2.14 bits per heavy atom. The summed E-state index contributed by atoms with van der Waals surface area (Å²) in [5.74, 6) is 0.412. The number of carbonyl (C=O) groups is 1. The molecule has 1 N–H and O–H groups in total. The molecule has 0 fully saturated rings. The summed E-state index contributed by atoms with van der Waals surface area (Å²) in [6.07, 6.45) is 0. The molecule has 1 amide bonds. The summed E-state index contributed by atoms with van der Waals surface area (Å²) in [5.41, 5.74) is 1.35. The van der Waals surface area contributed by atoms with Crippen molar-refractivity contribution in [3.63, 3.8) is 0 Å². The zero-order valence-corrected chi connectivity index (χ0v) is 15.1. The molecule has 0 aliphatic heterocycles. The van der Waals surface area contributed by atoms with Gasteiger partial charge in [0.15, 0.2) is 5.13 Å². The molecule has 3 rings (SSSR count). The second-order valence-electron chi connectivity index (χ2n) is 4.41. The average molecular weight is 445 g/mol. The monoisotopic (exact) mass is 444 g/mol. The van der Waals surface area contributed by atoms with Crippen molar-refractivity contribution in [2.45, 2.75) is 0 Å². The minimum atomic E-state index is -0.179. The second-order valence-corrected chi connectivity index (χ2v) is 7.01. The smallest absolute Gasteiger partial charge is 0.258 e. The summed E-state index contributed by atoms with van der Waals surface area (Å²) in [6, 6.07) is 10.9. The van der Waals surface area contributed by atoms with Gasteiger partial charge >= 0.3 is 0 Å². The number of rotatable bonds is 3. The Labute approximate surface area is 149 Å². The predicted molar refractivity (Wildman–Crippen MR) is 98.3 cm³/mol. The van der Waals surface area contributed by atoms with E-state index in [4.69, 9.17) is 16.3 Å². The number of nitrogens with one attached hydrogen (secondary N) is 1. The highest BCUT2D eigenvalue weighted by Gasteiger charge is 2.13. The summed E-state index contributed by atoms with van der Waals surface area (Å²) in [6.45, 7) is 0. The molecule has 112 valence electrons. The fourth-order valence-corrected chi connectivity index (χ4v) is 3.69. The topological polar surface area (TPSA) is 51.2 Å². The van der Waals surface area contributed by atoms with Crippen LogP contribution < -0.4 is 10.1 Å². The predicted octanol–water partition coefficient (Wildman–Crippen LogP) is 4.82. The minimum Gasteiger partial charge on any atom is -0.495 e. The maximum Gasteiger partial charge on any atom is 0.258 e. The average Bonchev–Trinajstić information content (AvgIpc) is 2.87. The Morgan fingerprint density at radius 1 is 1.36 bits per heavy atom. The molecule has 7 heteroatoms. The van der Waals surface area contributed by atoms with Gasteiger partial charge in [0.25, 0.3) is 5.91 Å². The van der Waals surface area contributed by atoms with Gasteiger partial charge in [-0.2, -0.15) is 0 Å². The van der Waals surface area contributed by atoms with Gasteiger partial charge in [0, 0.05) is 9.64 Å². The van der Waals surface area contributed by atoms with Crippen LogP contribution in [0.15, 0.2) is 36.4 Å². The van der Waals surface area contributed by atoms with E-state index in [-0.39, 0.29) is 5.91 Å². The van der Waals surface area contributed by atoms with E-state index in [1.807, 2.05) is 24.3 Å². The van der Waals surface area contributed by atoms with Crippen molar-refractivity contribution in [3.8, 4) is 5.75 Å². The number of thiazole rings is 1. The Morgan fingerprint density at radius 3 is 2.86 bits per heavy atom. The molecule has 0 unspecified atom stereocenters. The number of aromatic nitrogens is 1. The lowest BCUT2D eigenvalue weighted by Crippen LogP contribution is -2.12. The Bertz CT molecular complexity index is 866. The Kier molecular flexibility index (Phi) is 4.51. The quantitative estimate of drug-likeness (QED) is 0.590. The van der Waals surface area contributed by atoms with Crippen molar-refractivity contribution in [1.29, 1.82) is 0 Å². The third-order valence-corrected chi connectivity index (χ3v) is 5.17. The first-order valence-corrected chi connectivity index (χ1v) is 8.56. The largest absolute Gasteiger partial charge is 0.495 e. The first-order valence-electron chi connectivity index (χ1n) is 6.28.